The molecule has 0 fully saturated rings. The molecule has 1 aromatic carbocycles. The highest BCUT2D eigenvalue weighted by Gasteiger charge is 2.05. The molecule has 1 aromatic heterocycles. The third kappa shape index (κ3) is 3.38. The molecule has 1 heterocycles. The molecular formula is C14H19N3S. The van der Waals surface area contributed by atoms with Crippen LogP contribution in [0.5, 0.6) is 0 Å². The fraction of sp³-hybridized carbons (Fsp3) is 0.357. The number of aromatic nitrogens is 1. The number of thiazole rings is 1. The fourth-order valence-electron chi connectivity index (χ4n) is 1.69. The van der Waals surface area contributed by atoms with Crippen LogP contribution in [0.15, 0.2) is 29.6 Å². The molecule has 0 aliphatic rings. The van der Waals surface area contributed by atoms with E-state index in [0.29, 0.717) is 6.54 Å². The standard InChI is InChI=1S/C14H19N3S/c1-17(2)8-7-14-16-13(10-18-14)12-5-3-11(9-15)4-6-12/h3-6,10H,7-9,15H2,1-2H3. The summed E-state index contributed by atoms with van der Waals surface area (Å²) in [6.45, 7) is 1.63. The quantitative estimate of drug-likeness (QED) is 0.898. The highest BCUT2D eigenvalue weighted by atomic mass is 32.1. The largest absolute Gasteiger partial charge is 0.326 e. The van der Waals surface area contributed by atoms with Crippen molar-refractivity contribution in [1.29, 1.82) is 0 Å². The second-order valence-electron chi connectivity index (χ2n) is 4.58. The molecule has 0 atom stereocenters. The molecule has 0 amide bonds. The number of rotatable bonds is 5. The van der Waals surface area contributed by atoms with Crippen LogP contribution in [-0.2, 0) is 13.0 Å². The van der Waals surface area contributed by atoms with E-state index >= 15 is 0 Å². The third-order valence-electron chi connectivity index (χ3n) is 2.81. The first kappa shape index (κ1) is 13.2. The van der Waals surface area contributed by atoms with Crippen molar-refractivity contribution >= 4 is 11.3 Å². The van der Waals surface area contributed by atoms with Crippen molar-refractivity contribution in [2.75, 3.05) is 20.6 Å². The number of likely N-dealkylation sites (N-methyl/N-ethyl adjacent to an activating group) is 1. The highest BCUT2D eigenvalue weighted by Crippen LogP contribution is 2.22. The summed E-state index contributed by atoms with van der Waals surface area (Å²) in [4.78, 5) is 6.85. The van der Waals surface area contributed by atoms with Crippen molar-refractivity contribution in [3.8, 4) is 11.3 Å². The average Bonchev–Trinajstić information content (AvgIpc) is 2.85. The molecule has 0 saturated heterocycles. The van der Waals surface area contributed by atoms with Gasteiger partial charge in [0.1, 0.15) is 0 Å². The van der Waals surface area contributed by atoms with Gasteiger partial charge in [0.15, 0.2) is 0 Å². The van der Waals surface area contributed by atoms with E-state index in [4.69, 9.17) is 5.73 Å². The first-order valence-corrected chi connectivity index (χ1v) is 6.95. The minimum atomic E-state index is 0.589. The Hall–Kier alpha value is -1.23. The Kier molecular flexibility index (Phi) is 4.47. The Bertz CT molecular complexity index is 488. The van der Waals surface area contributed by atoms with Gasteiger partial charge in [-0.2, -0.15) is 0 Å². The van der Waals surface area contributed by atoms with Gasteiger partial charge < -0.3 is 10.6 Å². The zero-order valence-electron chi connectivity index (χ0n) is 10.9. The van der Waals surface area contributed by atoms with Crippen LogP contribution < -0.4 is 5.73 Å². The molecule has 4 heteroatoms. The summed E-state index contributed by atoms with van der Waals surface area (Å²) in [5.74, 6) is 0. The maximum atomic E-state index is 5.59. The summed E-state index contributed by atoms with van der Waals surface area (Å²) in [7, 11) is 4.17. The van der Waals surface area contributed by atoms with Crippen LogP contribution >= 0.6 is 11.3 Å². The number of benzene rings is 1. The fourth-order valence-corrected chi connectivity index (χ4v) is 2.49. The molecule has 2 N–H and O–H groups in total. The smallest absolute Gasteiger partial charge is 0.0945 e. The summed E-state index contributed by atoms with van der Waals surface area (Å²) in [5, 5.41) is 3.32. The monoisotopic (exact) mass is 261 g/mol. The van der Waals surface area contributed by atoms with Crippen LogP contribution in [0.4, 0.5) is 0 Å². The van der Waals surface area contributed by atoms with Crippen LogP contribution in [0.1, 0.15) is 10.6 Å². The second kappa shape index (κ2) is 6.09. The van der Waals surface area contributed by atoms with Gasteiger partial charge in [-0.3, -0.25) is 0 Å². The Balaban J connectivity index is 2.08. The Labute approximate surface area is 112 Å². The Morgan fingerprint density at radius 1 is 1.22 bits per heavy atom. The normalized spacial score (nSPS) is 11.1. The zero-order chi connectivity index (χ0) is 13.0. The average molecular weight is 261 g/mol. The van der Waals surface area contributed by atoms with Gasteiger partial charge in [0.25, 0.3) is 0 Å². The zero-order valence-corrected chi connectivity index (χ0v) is 11.7. The topological polar surface area (TPSA) is 42.2 Å². The summed E-state index contributed by atoms with van der Waals surface area (Å²) in [6, 6.07) is 8.31. The minimum Gasteiger partial charge on any atom is -0.326 e. The third-order valence-corrected chi connectivity index (χ3v) is 3.72. The number of hydrogen-bond acceptors (Lipinski definition) is 4. The van der Waals surface area contributed by atoms with Crippen LogP contribution in [0.3, 0.4) is 0 Å². The maximum Gasteiger partial charge on any atom is 0.0945 e. The van der Waals surface area contributed by atoms with E-state index in [9.17, 15) is 0 Å². The first-order valence-electron chi connectivity index (χ1n) is 6.07. The van der Waals surface area contributed by atoms with E-state index in [1.807, 2.05) is 0 Å². The Morgan fingerprint density at radius 3 is 2.56 bits per heavy atom. The molecular weight excluding hydrogens is 242 g/mol. The van der Waals surface area contributed by atoms with Crippen LogP contribution in [0.25, 0.3) is 11.3 Å². The molecule has 2 aromatic rings. The molecule has 0 bridgehead atoms. The van der Waals surface area contributed by atoms with Gasteiger partial charge in [-0.1, -0.05) is 24.3 Å². The van der Waals surface area contributed by atoms with E-state index < -0.39 is 0 Å². The molecule has 0 aliphatic heterocycles. The number of hydrogen-bond donors (Lipinski definition) is 1. The summed E-state index contributed by atoms with van der Waals surface area (Å²) in [6.07, 6.45) is 1.01. The number of nitrogens with two attached hydrogens (primary N) is 1. The van der Waals surface area contributed by atoms with Gasteiger partial charge in [0, 0.05) is 30.5 Å². The Morgan fingerprint density at radius 2 is 1.94 bits per heavy atom. The molecule has 96 valence electrons. The molecule has 3 nitrogen and oxygen atoms in total. The van der Waals surface area contributed by atoms with E-state index in [1.54, 1.807) is 11.3 Å². The van der Waals surface area contributed by atoms with Crippen molar-refractivity contribution in [3.05, 3.63) is 40.2 Å². The van der Waals surface area contributed by atoms with Gasteiger partial charge in [0.2, 0.25) is 0 Å². The minimum absolute atomic E-state index is 0.589. The van der Waals surface area contributed by atoms with Crippen LogP contribution in [0.2, 0.25) is 0 Å². The maximum absolute atomic E-state index is 5.59. The summed E-state index contributed by atoms with van der Waals surface area (Å²) >= 11 is 1.73. The van der Waals surface area contributed by atoms with Crippen molar-refractivity contribution in [1.82, 2.24) is 9.88 Å². The lowest BCUT2D eigenvalue weighted by molar-refractivity contribution is 0.413. The van der Waals surface area contributed by atoms with Crippen LogP contribution in [-0.4, -0.2) is 30.5 Å². The molecule has 0 saturated carbocycles. The molecule has 2 rings (SSSR count). The lowest BCUT2D eigenvalue weighted by atomic mass is 10.1. The summed E-state index contributed by atoms with van der Waals surface area (Å²) in [5.41, 5.74) is 8.98. The lowest BCUT2D eigenvalue weighted by Gasteiger charge is -2.06. The van der Waals surface area contributed by atoms with Gasteiger partial charge >= 0.3 is 0 Å². The van der Waals surface area contributed by atoms with Crippen molar-refractivity contribution in [2.24, 2.45) is 5.73 Å². The van der Waals surface area contributed by atoms with Gasteiger partial charge in [-0.15, -0.1) is 11.3 Å². The van der Waals surface area contributed by atoms with Gasteiger partial charge in [0.05, 0.1) is 10.7 Å². The SMILES string of the molecule is CN(C)CCc1nc(-c2ccc(CN)cc2)cs1. The van der Waals surface area contributed by atoms with E-state index in [1.165, 1.54) is 10.6 Å². The van der Waals surface area contributed by atoms with E-state index in [-0.39, 0.29) is 0 Å². The second-order valence-corrected chi connectivity index (χ2v) is 5.52. The molecule has 0 radical (unpaired) electrons. The number of nitrogens with zero attached hydrogens (tertiary/aromatic N) is 2. The van der Waals surface area contributed by atoms with Gasteiger partial charge in [-0.25, -0.2) is 4.98 Å². The van der Waals surface area contributed by atoms with Crippen molar-refractivity contribution in [3.63, 3.8) is 0 Å². The van der Waals surface area contributed by atoms with Crippen molar-refractivity contribution in [2.45, 2.75) is 13.0 Å². The highest BCUT2D eigenvalue weighted by molar-refractivity contribution is 7.09. The van der Waals surface area contributed by atoms with Crippen molar-refractivity contribution < 1.29 is 0 Å². The van der Waals surface area contributed by atoms with E-state index in [2.05, 4.69) is 53.6 Å². The molecule has 0 aliphatic carbocycles. The summed E-state index contributed by atoms with van der Waals surface area (Å²) < 4.78 is 0. The molecule has 0 unspecified atom stereocenters. The predicted octanol–water partition coefficient (Wildman–Crippen LogP) is 2.37. The van der Waals surface area contributed by atoms with Crippen LogP contribution in [0, 0.1) is 0 Å². The lowest BCUT2D eigenvalue weighted by Crippen LogP contribution is -2.14. The molecule has 18 heavy (non-hydrogen) atoms. The van der Waals surface area contributed by atoms with Gasteiger partial charge in [-0.05, 0) is 19.7 Å². The predicted molar refractivity (Wildman–Crippen MR) is 77.7 cm³/mol. The molecule has 0 spiro atoms. The first-order chi connectivity index (χ1) is 8.69. The van der Waals surface area contributed by atoms with E-state index in [0.717, 1.165) is 24.2 Å².